The molecule has 1 saturated heterocycles. The van der Waals surface area contributed by atoms with Crippen LogP contribution in [0.25, 0.3) is 0 Å². The zero-order valence-corrected chi connectivity index (χ0v) is 12.0. The molecule has 3 heterocycles. The molecular formula is C16H19N3O2. The van der Waals surface area contributed by atoms with Crippen molar-refractivity contribution in [2.45, 2.75) is 18.9 Å². The molecule has 0 amide bonds. The number of carbonyl (C=O) groups is 1. The molecule has 1 atom stereocenters. The van der Waals surface area contributed by atoms with E-state index in [2.05, 4.69) is 28.0 Å². The molecule has 1 unspecified atom stereocenters. The van der Waals surface area contributed by atoms with Crippen molar-refractivity contribution in [2.24, 2.45) is 0 Å². The Hall–Kier alpha value is -2.27. The van der Waals surface area contributed by atoms with Crippen molar-refractivity contribution in [2.75, 3.05) is 13.6 Å². The van der Waals surface area contributed by atoms with Gasteiger partial charge in [0.25, 0.3) is 0 Å². The van der Waals surface area contributed by atoms with Crippen molar-refractivity contribution < 1.29 is 9.90 Å². The van der Waals surface area contributed by atoms with Gasteiger partial charge in [-0.25, -0.2) is 4.79 Å². The highest BCUT2D eigenvalue weighted by molar-refractivity contribution is 5.87. The molecule has 3 rings (SSSR count). The van der Waals surface area contributed by atoms with Gasteiger partial charge in [-0.1, -0.05) is 6.07 Å². The summed E-state index contributed by atoms with van der Waals surface area (Å²) in [7, 11) is 2.19. The van der Waals surface area contributed by atoms with Gasteiger partial charge in [-0.05, 0) is 50.2 Å². The van der Waals surface area contributed by atoms with Gasteiger partial charge >= 0.3 is 5.97 Å². The average molecular weight is 285 g/mol. The van der Waals surface area contributed by atoms with Crippen LogP contribution < -0.4 is 0 Å². The van der Waals surface area contributed by atoms with E-state index in [0.717, 1.165) is 0 Å². The van der Waals surface area contributed by atoms with Crippen LogP contribution in [0.1, 0.15) is 34.8 Å². The molecule has 0 radical (unpaired) electrons. The summed E-state index contributed by atoms with van der Waals surface area (Å²) >= 11 is 0. The van der Waals surface area contributed by atoms with Gasteiger partial charge in [0.15, 0.2) is 0 Å². The molecule has 2 aromatic rings. The van der Waals surface area contributed by atoms with E-state index in [4.69, 9.17) is 5.11 Å². The lowest BCUT2D eigenvalue weighted by Gasteiger charge is -2.18. The van der Waals surface area contributed by atoms with Crippen molar-refractivity contribution in [3.05, 3.63) is 60.2 Å². The van der Waals surface area contributed by atoms with Gasteiger partial charge in [0, 0.05) is 30.8 Å². The number of aromatic carboxylic acids is 1. The summed E-state index contributed by atoms with van der Waals surface area (Å²) in [5.41, 5.74) is 1.63. The Morgan fingerprint density at radius 1 is 1.24 bits per heavy atom. The first-order valence-corrected chi connectivity index (χ1v) is 6.92. The van der Waals surface area contributed by atoms with Crippen molar-refractivity contribution >= 4 is 5.97 Å². The quantitative estimate of drug-likeness (QED) is 0.918. The van der Waals surface area contributed by atoms with E-state index in [1.807, 2.05) is 18.5 Å². The number of hydrogen-bond acceptors (Lipinski definition) is 4. The van der Waals surface area contributed by atoms with Crippen LogP contribution in [0.2, 0.25) is 0 Å². The van der Waals surface area contributed by atoms with E-state index in [1.165, 1.54) is 49.5 Å². The van der Waals surface area contributed by atoms with E-state index >= 15 is 0 Å². The zero-order valence-electron chi connectivity index (χ0n) is 12.0. The molecule has 5 nitrogen and oxygen atoms in total. The number of likely N-dealkylation sites (tertiary alicyclic amines) is 1. The average Bonchev–Trinajstić information content (AvgIpc) is 2.96. The van der Waals surface area contributed by atoms with E-state index in [1.54, 1.807) is 0 Å². The third kappa shape index (κ3) is 4.36. The third-order valence-corrected chi connectivity index (χ3v) is 3.52. The summed E-state index contributed by atoms with van der Waals surface area (Å²) < 4.78 is 0. The smallest absolute Gasteiger partial charge is 0.335 e. The first-order valence-electron chi connectivity index (χ1n) is 6.92. The summed E-state index contributed by atoms with van der Waals surface area (Å²) in [4.78, 5) is 20.4. The van der Waals surface area contributed by atoms with E-state index in [9.17, 15) is 4.79 Å². The summed E-state index contributed by atoms with van der Waals surface area (Å²) in [5.74, 6) is -0.919. The summed E-state index contributed by atoms with van der Waals surface area (Å²) in [6.45, 7) is 1.22. The Balaban J connectivity index is 0.000000161. The molecule has 2 aromatic heterocycles. The largest absolute Gasteiger partial charge is 0.478 e. The number of hydrogen-bond donors (Lipinski definition) is 1. The lowest BCUT2D eigenvalue weighted by atomic mass is 10.1. The Bertz CT molecular complexity index is 560. The molecule has 0 aliphatic carbocycles. The summed E-state index contributed by atoms with van der Waals surface area (Å²) in [5, 5.41) is 8.36. The minimum Gasteiger partial charge on any atom is -0.478 e. The van der Waals surface area contributed by atoms with Crippen LogP contribution in [0, 0.1) is 0 Å². The van der Waals surface area contributed by atoms with Gasteiger partial charge in [0.05, 0.1) is 5.56 Å². The SMILES string of the molecule is CN1CCCC1c1cccnc1.O=C(O)c1ccncc1. The normalized spacial score (nSPS) is 17.9. The molecular weight excluding hydrogens is 266 g/mol. The maximum Gasteiger partial charge on any atom is 0.335 e. The predicted molar refractivity (Wildman–Crippen MR) is 80.0 cm³/mol. The first-order chi connectivity index (χ1) is 10.2. The fourth-order valence-electron chi connectivity index (χ4n) is 2.40. The number of carboxylic acids is 1. The van der Waals surface area contributed by atoms with Gasteiger partial charge in [-0.2, -0.15) is 0 Å². The highest BCUT2D eigenvalue weighted by Crippen LogP contribution is 2.29. The molecule has 0 saturated carbocycles. The third-order valence-electron chi connectivity index (χ3n) is 3.52. The minimum atomic E-state index is -0.919. The van der Waals surface area contributed by atoms with Crippen molar-refractivity contribution in [1.82, 2.24) is 14.9 Å². The van der Waals surface area contributed by atoms with Crippen LogP contribution in [-0.4, -0.2) is 39.5 Å². The maximum absolute atomic E-state index is 10.2. The van der Waals surface area contributed by atoms with E-state index in [-0.39, 0.29) is 5.56 Å². The van der Waals surface area contributed by atoms with Crippen LogP contribution in [0.4, 0.5) is 0 Å². The molecule has 1 N–H and O–H groups in total. The molecule has 21 heavy (non-hydrogen) atoms. The van der Waals surface area contributed by atoms with Crippen LogP contribution >= 0.6 is 0 Å². The maximum atomic E-state index is 10.2. The van der Waals surface area contributed by atoms with Crippen LogP contribution in [0.3, 0.4) is 0 Å². The molecule has 1 fully saturated rings. The second-order valence-corrected chi connectivity index (χ2v) is 4.97. The molecule has 0 bridgehead atoms. The predicted octanol–water partition coefficient (Wildman–Crippen LogP) is 2.63. The fraction of sp³-hybridized carbons (Fsp3) is 0.312. The Morgan fingerprint density at radius 3 is 2.48 bits per heavy atom. The monoisotopic (exact) mass is 285 g/mol. The summed E-state index contributed by atoms with van der Waals surface area (Å²) in [6, 6.07) is 7.68. The Labute approximate surface area is 124 Å². The standard InChI is InChI=1S/C10H14N2.C6H5NO2/c1-12-7-3-5-10(12)9-4-2-6-11-8-9;8-6(9)5-1-3-7-4-2-5/h2,4,6,8,10H,3,5,7H2,1H3;1-4H,(H,8,9). The number of nitrogens with zero attached hydrogens (tertiary/aromatic N) is 3. The van der Waals surface area contributed by atoms with Crippen LogP contribution in [0.15, 0.2) is 49.1 Å². The highest BCUT2D eigenvalue weighted by Gasteiger charge is 2.21. The zero-order chi connectivity index (χ0) is 15.1. The first kappa shape index (κ1) is 15.1. The second kappa shape index (κ2) is 7.50. The van der Waals surface area contributed by atoms with Crippen LogP contribution in [0.5, 0.6) is 0 Å². The number of aromatic nitrogens is 2. The van der Waals surface area contributed by atoms with Gasteiger partial charge in [0.2, 0.25) is 0 Å². The van der Waals surface area contributed by atoms with E-state index in [0.29, 0.717) is 6.04 Å². The number of carboxylic acid groups (broad SMARTS) is 1. The lowest BCUT2D eigenvalue weighted by molar-refractivity contribution is 0.0696. The second-order valence-electron chi connectivity index (χ2n) is 4.97. The molecule has 5 heteroatoms. The van der Waals surface area contributed by atoms with Gasteiger partial charge in [-0.3, -0.25) is 14.9 Å². The topological polar surface area (TPSA) is 66.3 Å². The molecule has 1 aliphatic heterocycles. The highest BCUT2D eigenvalue weighted by atomic mass is 16.4. The van der Waals surface area contributed by atoms with Crippen molar-refractivity contribution in [1.29, 1.82) is 0 Å². The van der Waals surface area contributed by atoms with Gasteiger partial charge < -0.3 is 5.11 Å². The Morgan fingerprint density at radius 2 is 2.00 bits per heavy atom. The van der Waals surface area contributed by atoms with Crippen molar-refractivity contribution in [3.63, 3.8) is 0 Å². The fourth-order valence-corrected chi connectivity index (χ4v) is 2.40. The Kier molecular flexibility index (Phi) is 5.40. The lowest BCUT2D eigenvalue weighted by Crippen LogP contribution is -2.17. The number of pyridine rings is 2. The van der Waals surface area contributed by atoms with Gasteiger partial charge in [0.1, 0.15) is 0 Å². The number of rotatable bonds is 2. The minimum absolute atomic E-state index is 0.269. The van der Waals surface area contributed by atoms with E-state index < -0.39 is 5.97 Å². The van der Waals surface area contributed by atoms with Crippen molar-refractivity contribution in [3.8, 4) is 0 Å². The molecule has 0 aromatic carbocycles. The molecule has 1 aliphatic rings. The molecule has 110 valence electrons. The van der Waals surface area contributed by atoms with Gasteiger partial charge in [-0.15, -0.1) is 0 Å². The summed E-state index contributed by atoms with van der Waals surface area (Å²) in [6.07, 6.45) is 9.30. The van der Waals surface area contributed by atoms with Crippen LogP contribution in [-0.2, 0) is 0 Å². The molecule has 0 spiro atoms.